The van der Waals surface area contributed by atoms with Crippen molar-refractivity contribution in [1.82, 2.24) is 0 Å². The van der Waals surface area contributed by atoms with Crippen molar-refractivity contribution < 1.29 is 42.9 Å². The maximum atomic E-state index is 12.2. The summed E-state index contributed by atoms with van der Waals surface area (Å²) in [5.41, 5.74) is 3.67. The number of hydrogen-bond acceptors (Lipinski definition) is 9. The molecule has 0 spiro atoms. The van der Waals surface area contributed by atoms with Gasteiger partial charge in [0, 0.05) is 40.5 Å². The van der Waals surface area contributed by atoms with Gasteiger partial charge >= 0.3 is 23.9 Å². The standard InChI is InChI=1S/C41H28O9/c1-6-38(43)49-36-23-33(15-9-28-7-13-30(14-8-28)31-17-21-35(22-18-31)48-41(46)27(4)5)37(50-39(44)25-42)24-32(36)16-10-29-11-19-34(20-12-29)47-40(45)26(2)3/h6-8,11-14,17-25H,1-2,4H2,3,5H3. The molecule has 0 aliphatic heterocycles. The zero-order valence-corrected chi connectivity index (χ0v) is 27.0. The topological polar surface area (TPSA) is 122 Å². The van der Waals surface area contributed by atoms with Crippen LogP contribution in [0, 0.1) is 23.7 Å². The second-order valence-electron chi connectivity index (χ2n) is 10.5. The van der Waals surface area contributed by atoms with E-state index in [1.54, 1.807) is 55.5 Å². The van der Waals surface area contributed by atoms with E-state index in [0.29, 0.717) is 28.2 Å². The summed E-state index contributed by atoms with van der Waals surface area (Å²) in [6.45, 7) is 13.6. The predicted octanol–water partition coefficient (Wildman–Crippen LogP) is 6.31. The van der Waals surface area contributed by atoms with Gasteiger partial charge in [-0.2, -0.15) is 0 Å². The summed E-state index contributed by atoms with van der Waals surface area (Å²) in [6.07, 6.45) is 0.976. The number of carbonyl (C=O) groups excluding carboxylic acids is 5. The van der Waals surface area contributed by atoms with Gasteiger partial charge in [0.25, 0.3) is 0 Å². The van der Waals surface area contributed by atoms with Crippen molar-refractivity contribution in [1.29, 1.82) is 0 Å². The Hall–Kier alpha value is -7.23. The zero-order valence-electron chi connectivity index (χ0n) is 27.0. The minimum Gasteiger partial charge on any atom is -0.423 e. The summed E-state index contributed by atoms with van der Waals surface area (Å²) < 4.78 is 21.1. The Labute approximate surface area is 288 Å². The Morgan fingerprint density at radius 3 is 1.34 bits per heavy atom. The molecule has 0 atom stereocenters. The molecule has 246 valence electrons. The van der Waals surface area contributed by atoms with Crippen molar-refractivity contribution >= 4 is 30.2 Å². The summed E-state index contributed by atoms with van der Waals surface area (Å²) in [5, 5.41) is 0. The molecule has 0 aromatic heterocycles. The number of hydrogen-bond donors (Lipinski definition) is 0. The second kappa shape index (κ2) is 16.6. The summed E-state index contributed by atoms with van der Waals surface area (Å²) in [6, 6.07) is 23.2. The average molecular weight is 665 g/mol. The van der Waals surface area contributed by atoms with Crippen molar-refractivity contribution in [2.45, 2.75) is 13.8 Å². The Morgan fingerprint density at radius 1 is 0.560 bits per heavy atom. The molecule has 4 aromatic rings. The largest absolute Gasteiger partial charge is 0.423 e. The first-order valence-electron chi connectivity index (χ1n) is 14.7. The van der Waals surface area contributed by atoms with Crippen LogP contribution in [-0.4, -0.2) is 30.2 Å². The molecular weight excluding hydrogens is 636 g/mol. The second-order valence-corrected chi connectivity index (χ2v) is 10.5. The van der Waals surface area contributed by atoms with Crippen molar-refractivity contribution in [2.75, 3.05) is 0 Å². The fourth-order valence-electron chi connectivity index (χ4n) is 3.94. The van der Waals surface area contributed by atoms with Gasteiger partial charge in [0.1, 0.15) is 23.0 Å². The quantitative estimate of drug-likeness (QED) is 0.0506. The maximum absolute atomic E-state index is 12.2. The average Bonchev–Trinajstić information content (AvgIpc) is 3.11. The lowest BCUT2D eigenvalue weighted by atomic mass is 10.0. The first-order chi connectivity index (χ1) is 23.9. The number of benzene rings is 4. The fourth-order valence-corrected chi connectivity index (χ4v) is 3.94. The number of ether oxygens (including phenoxy) is 4. The smallest absolute Gasteiger partial charge is 0.376 e. The van der Waals surface area contributed by atoms with Crippen molar-refractivity contribution in [3.8, 4) is 57.8 Å². The molecule has 0 radical (unpaired) electrons. The van der Waals surface area contributed by atoms with Crippen molar-refractivity contribution in [3.63, 3.8) is 0 Å². The van der Waals surface area contributed by atoms with Gasteiger partial charge in [-0.15, -0.1) is 0 Å². The van der Waals surface area contributed by atoms with Crippen molar-refractivity contribution in [3.05, 3.63) is 144 Å². The van der Waals surface area contributed by atoms with Gasteiger partial charge in [0.05, 0.1) is 11.1 Å². The molecule has 0 aliphatic carbocycles. The van der Waals surface area contributed by atoms with Gasteiger partial charge in [-0.05, 0) is 73.5 Å². The van der Waals surface area contributed by atoms with Crippen LogP contribution in [0.2, 0.25) is 0 Å². The summed E-state index contributed by atoms with van der Waals surface area (Å²) in [7, 11) is 0. The molecule has 0 fully saturated rings. The molecule has 0 saturated heterocycles. The van der Waals surface area contributed by atoms with Crippen LogP contribution in [0.25, 0.3) is 11.1 Å². The van der Waals surface area contributed by atoms with Gasteiger partial charge in [0.2, 0.25) is 6.29 Å². The van der Waals surface area contributed by atoms with Crippen LogP contribution >= 0.6 is 0 Å². The lowest BCUT2D eigenvalue weighted by Gasteiger charge is -2.10. The highest BCUT2D eigenvalue weighted by Gasteiger charge is 2.15. The predicted molar refractivity (Wildman–Crippen MR) is 185 cm³/mol. The van der Waals surface area contributed by atoms with Crippen LogP contribution in [-0.2, 0) is 24.0 Å². The molecule has 0 saturated carbocycles. The van der Waals surface area contributed by atoms with Crippen LogP contribution in [0.4, 0.5) is 0 Å². The fraction of sp³-hybridized carbons (Fsp3) is 0.0488. The monoisotopic (exact) mass is 664 g/mol. The highest BCUT2D eigenvalue weighted by atomic mass is 16.5. The van der Waals surface area contributed by atoms with Crippen LogP contribution in [0.3, 0.4) is 0 Å². The Bertz CT molecular complexity index is 2150. The molecule has 4 rings (SSSR count). The number of carbonyl (C=O) groups is 5. The van der Waals surface area contributed by atoms with Gasteiger partial charge in [0.15, 0.2) is 0 Å². The van der Waals surface area contributed by atoms with E-state index in [0.717, 1.165) is 17.2 Å². The Morgan fingerprint density at radius 2 is 0.940 bits per heavy atom. The minimum atomic E-state index is -1.17. The van der Waals surface area contributed by atoms with Crippen LogP contribution in [0.1, 0.15) is 36.1 Å². The third kappa shape index (κ3) is 9.88. The molecule has 4 aromatic carbocycles. The Balaban J connectivity index is 1.65. The lowest BCUT2D eigenvalue weighted by molar-refractivity contribution is -0.141. The van der Waals surface area contributed by atoms with Gasteiger partial charge in [-0.25, -0.2) is 19.2 Å². The zero-order chi connectivity index (χ0) is 36.2. The number of esters is 4. The molecule has 0 aliphatic rings. The van der Waals surface area contributed by atoms with E-state index < -0.39 is 23.9 Å². The molecule has 0 heterocycles. The van der Waals surface area contributed by atoms with Crippen LogP contribution < -0.4 is 18.9 Å². The van der Waals surface area contributed by atoms with Crippen molar-refractivity contribution in [2.24, 2.45) is 0 Å². The molecule has 0 N–H and O–H groups in total. The SMILES string of the molecule is C=CC(=O)Oc1cc(C#Cc2ccc(-c3ccc(OC(=O)C(=C)C)cc3)cc2)c(OC(=O)C=O)cc1C#Cc1ccc(OC(=O)C(=C)C)cc1. The first kappa shape index (κ1) is 35.6. The van der Waals surface area contributed by atoms with Crippen LogP contribution in [0.5, 0.6) is 23.0 Å². The number of rotatable bonds is 9. The molecule has 0 unspecified atom stereocenters. The van der Waals surface area contributed by atoms with Gasteiger partial charge < -0.3 is 18.9 Å². The summed E-state index contributed by atoms with van der Waals surface area (Å²) in [5.74, 6) is 9.22. The van der Waals surface area contributed by atoms with Gasteiger partial charge in [-0.3, -0.25) is 4.79 Å². The van der Waals surface area contributed by atoms with E-state index in [-0.39, 0.29) is 34.5 Å². The van der Waals surface area contributed by atoms with E-state index in [1.165, 1.54) is 19.1 Å². The van der Waals surface area contributed by atoms with E-state index >= 15 is 0 Å². The van der Waals surface area contributed by atoms with E-state index in [2.05, 4.69) is 43.4 Å². The molecule has 50 heavy (non-hydrogen) atoms. The summed E-state index contributed by atoms with van der Waals surface area (Å²) in [4.78, 5) is 58.9. The molecule has 9 heteroatoms. The van der Waals surface area contributed by atoms with Crippen LogP contribution in [0.15, 0.2) is 122 Å². The normalized spacial score (nSPS) is 9.72. The maximum Gasteiger partial charge on any atom is 0.376 e. The third-order valence-electron chi connectivity index (χ3n) is 6.49. The molecule has 9 nitrogen and oxygen atoms in total. The van der Waals surface area contributed by atoms with E-state index in [1.807, 2.05) is 24.3 Å². The van der Waals surface area contributed by atoms with E-state index in [9.17, 15) is 24.0 Å². The molecule has 0 bridgehead atoms. The number of aldehydes is 1. The first-order valence-corrected chi connectivity index (χ1v) is 14.7. The summed E-state index contributed by atoms with van der Waals surface area (Å²) >= 11 is 0. The highest BCUT2D eigenvalue weighted by molar-refractivity contribution is 6.21. The van der Waals surface area contributed by atoms with Gasteiger partial charge in [-0.1, -0.05) is 67.7 Å². The Kier molecular flexibility index (Phi) is 11.8. The minimum absolute atomic E-state index is 0.00247. The molecule has 0 amide bonds. The highest BCUT2D eigenvalue weighted by Crippen LogP contribution is 2.29. The van der Waals surface area contributed by atoms with E-state index in [4.69, 9.17) is 18.9 Å². The lowest BCUT2D eigenvalue weighted by Crippen LogP contribution is -2.11. The molecular formula is C41H28O9. The third-order valence-corrected chi connectivity index (χ3v) is 6.49.